The van der Waals surface area contributed by atoms with Gasteiger partial charge in [-0.15, -0.1) is 0 Å². The van der Waals surface area contributed by atoms with Crippen LogP contribution in [0.15, 0.2) is 65.8 Å². The van der Waals surface area contributed by atoms with Crippen LogP contribution in [0.5, 0.6) is 0 Å². The Labute approximate surface area is 291 Å². The summed E-state index contributed by atoms with van der Waals surface area (Å²) in [5.41, 5.74) is 3.92. The lowest BCUT2D eigenvalue weighted by Gasteiger charge is -2.42. The number of hydrogen-bond acceptors (Lipinski definition) is 8. The Hall–Kier alpha value is -3.58. The van der Waals surface area contributed by atoms with Gasteiger partial charge < -0.3 is 19.6 Å². The molecule has 2 aromatic heterocycles. The molecule has 2 atom stereocenters. The van der Waals surface area contributed by atoms with Crippen molar-refractivity contribution in [3.05, 3.63) is 77.7 Å². The maximum absolute atomic E-state index is 14.3. The summed E-state index contributed by atoms with van der Waals surface area (Å²) in [5, 5.41) is 14.9. The van der Waals surface area contributed by atoms with Gasteiger partial charge in [0, 0.05) is 5.39 Å². The summed E-state index contributed by atoms with van der Waals surface area (Å²) < 4.78 is 41.9. The molecule has 1 aliphatic rings. The zero-order valence-corrected chi connectivity index (χ0v) is 31.8. The number of nitrogens with zero attached hydrogens (tertiary/aromatic N) is 3. The number of nitrogens with one attached hydrogen (secondary N) is 1. The van der Waals surface area contributed by atoms with E-state index in [0.717, 1.165) is 16.5 Å². The maximum Gasteiger partial charge on any atom is 0.408 e. The van der Waals surface area contributed by atoms with Crippen LogP contribution in [0.25, 0.3) is 22.3 Å². The topological polar surface area (TPSA) is 133 Å². The number of aryl methyl sites for hydroxylation is 1. The third-order valence-electron chi connectivity index (χ3n) is 9.59. The highest BCUT2D eigenvalue weighted by molar-refractivity contribution is 7.90. The van der Waals surface area contributed by atoms with Crippen LogP contribution in [-0.2, 0) is 25.6 Å². The Bertz CT molecular complexity index is 1880. The molecule has 0 bridgehead atoms. The molecule has 12 heteroatoms. The number of aromatic nitrogens is 3. The van der Waals surface area contributed by atoms with E-state index in [1.54, 1.807) is 36.4 Å². The van der Waals surface area contributed by atoms with E-state index in [0.29, 0.717) is 52.1 Å². The van der Waals surface area contributed by atoms with Crippen LogP contribution in [-0.4, -0.2) is 54.1 Å². The van der Waals surface area contributed by atoms with Crippen molar-refractivity contribution in [2.24, 2.45) is 0 Å². The Morgan fingerprint density at radius 3 is 2.22 bits per heavy atom. The van der Waals surface area contributed by atoms with Gasteiger partial charge in [-0.2, -0.15) is 0 Å². The fourth-order valence-corrected chi connectivity index (χ4v) is 14.5. The number of rotatable bonds is 11. The number of hydrogen-bond donors (Lipinski definition) is 2. The molecule has 0 radical (unpaired) electrons. The monoisotopic (exact) mass is 706 g/mol. The average molecular weight is 707 g/mol. The van der Waals surface area contributed by atoms with Crippen molar-refractivity contribution >= 4 is 35.3 Å². The van der Waals surface area contributed by atoms with Gasteiger partial charge >= 0.3 is 6.09 Å². The Morgan fingerprint density at radius 1 is 1.00 bits per heavy atom. The molecule has 1 amide bonds. The Kier molecular flexibility index (Phi) is 10.5. The normalized spacial score (nSPS) is 16.1. The molecular weight excluding hydrogens is 657 g/mol. The van der Waals surface area contributed by atoms with Gasteiger partial charge in [-0.1, -0.05) is 65.8 Å². The lowest BCUT2D eigenvalue weighted by molar-refractivity contribution is 0.0503. The molecule has 0 saturated carbocycles. The molecule has 2 heterocycles. The number of amides is 1. The lowest BCUT2D eigenvalue weighted by Crippen LogP contribution is -2.48. The quantitative estimate of drug-likeness (QED) is 0.150. The number of aliphatic hydroxyl groups is 1. The minimum Gasteiger partial charge on any atom is -0.444 e. The van der Waals surface area contributed by atoms with Gasteiger partial charge in [-0.3, -0.25) is 9.97 Å². The summed E-state index contributed by atoms with van der Waals surface area (Å²) in [5.74, 6) is 0. The van der Waals surface area contributed by atoms with Gasteiger partial charge in [0.2, 0.25) is 0 Å². The highest BCUT2D eigenvalue weighted by Gasteiger charge is 2.45. The second-order valence-electron chi connectivity index (χ2n) is 14.9. The summed E-state index contributed by atoms with van der Waals surface area (Å²) in [4.78, 5) is 22.0. The highest BCUT2D eigenvalue weighted by atomic mass is 32.2. The van der Waals surface area contributed by atoms with E-state index >= 15 is 0 Å². The standard InChI is InChI=1S/C37H50N4O6SSi/c1-23(2)49(24(3)4,25(5)6)46-22-35(42)32-21-38-31(20-39-32)34-19-29-27-15-17-30(40-36(43)47-37(7,8)9)28(27)16-18-33(29)41(34)48(44,45)26-13-11-10-12-14-26/h10-14,16,18-21,23-25,30,35,42H,15,17,22H2,1-9H3,(H,40,43)/t30-,35-/m1/s1. The number of fused-ring (bicyclic) bond motifs is 3. The van der Waals surface area contributed by atoms with Crippen LogP contribution >= 0.6 is 0 Å². The minimum absolute atomic E-state index is 0.113. The number of carbonyl (C=O) groups is 1. The predicted molar refractivity (Wildman–Crippen MR) is 194 cm³/mol. The fourth-order valence-electron chi connectivity index (χ4n) is 7.57. The van der Waals surface area contributed by atoms with Crippen LogP contribution in [0.4, 0.5) is 4.79 Å². The number of benzene rings is 2. The molecule has 4 aromatic rings. The number of ether oxygens (including phenoxy) is 1. The molecule has 0 unspecified atom stereocenters. The van der Waals surface area contributed by atoms with Gasteiger partial charge in [0.25, 0.3) is 10.0 Å². The smallest absolute Gasteiger partial charge is 0.408 e. The highest BCUT2D eigenvalue weighted by Crippen LogP contribution is 2.43. The second kappa shape index (κ2) is 14.0. The van der Waals surface area contributed by atoms with Gasteiger partial charge in [-0.25, -0.2) is 17.2 Å². The van der Waals surface area contributed by atoms with Crippen LogP contribution in [0.1, 0.15) is 97.7 Å². The number of alkyl carbamates (subject to hydrolysis) is 1. The molecule has 264 valence electrons. The predicted octanol–water partition coefficient (Wildman–Crippen LogP) is 8.07. The third kappa shape index (κ3) is 7.19. The molecule has 0 spiro atoms. The summed E-state index contributed by atoms with van der Waals surface area (Å²) in [6, 6.07) is 13.5. The van der Waals surface area contributed by atoms with E-state index in [9.17, 15) is 18.3 Å². The van der Waals surface area contributed by atoms with Gasteiger partial charge in [-0.05, 0) is 85.6 Å². The Morgan fingerprint density at radius 2 is 1.65 bits per heavy atom. The molecule has 49 heavy (non-hydrogen) atoms. The van der Waals surface area contributed by atoms with Crippen molar-refractivity contribution < 1.29 is 27.5 Å². The van der Waals surface area contributed by atoms with E-state index < -0.39 is 36.1 Å². The van der Waals surface area contributed by atoms with Crippen molar-refractivity contribution in [2.45, 2.75) is 114 Å². The van der Waals surface area contributed by atoms with Gasteiger partial charge in [0.15, 0.2) is 8.32 Å². The van der Waals surface area contributed by atoms with E-state index in [1.165, 1.54) is 16.4 Å². The van der Waals surface area contributed by atoms with Crippen molar-refractivity contribution in [3.63, 3.8) is 0 Å². The molecular formula is C37H50N4O6SSi. The average Bonchev–Trinajstić information content (AvgIpc) is 3.62. The van der Waals surface area contributed by atoms with Crippen molar-refractivity contribution in [1.82, 2.24) is 19.3 Å². The van der Waals surface area contributed by atoms with Gasteiger partial charge in [0.05, 0.1) is 46.8 Å². The lowest BCUT2D eigenvalue weighted by atomic mass is 10.0. The number of aliphatic hydroxyl groups excluding tert-OH is 1. The number of carbonyl (C=O) groups excluding carboxylic acids is 1. The van der Waals surface area contributed by atoms with Crippen molar-refractivity contribution in [1.29, 1.82) is 0 Å². The van der Waals surface area contributed by atoms with E-state index in [1.807, 2.05) is 32.9 Å². The van der Waals surface area contributed by atoms with Gasteiger partial charge in [0.1, 0.15) is 17.4 Å². The molecule has 2 N–H and O–H groups in total. The SMILES string of the molecule is CC(C)[Si](OC[C@@H](O)c1cnc(-c2cc3c4c(ccc3n2S(=O)(=O)c2ccccc2)[C@H](NC(=O)OC(C)(C)C)CC4)cn1)(C(C)C)C(C)C. The van der Waals surface area contributed by atoms with Crippen molar-refractivity contribution in [2.75, 3.05) is 6.61 Å². The van der Waals surface area contributed by atoms with Crippen LogP contribution in [0.2, 0.25) is 16.6 Å². The first-order valence-electron chi connectivity index (χ1n) is 17.1. The Balaban J connectivity index is 1.53. The summed E-state index contributed by atoms with van der Waals surface area (Å²) in [6.07, 6.45) is 2.82. The zero-order chi connectivity index (χ0) is 35.9. The van der Waals surface area contributed by atoms with Crippen LogP contribution in [0, 0.1) is 0 Å². The molecule has 0 fully saturated rings. The molecule has 10 nitrogen and oxygen atoms in total. The maximum atomic E-state index is 14.3. The fraction of sp³-hybridized carbons (Fsp3) is 0.486. The minimum atomic E-state index is -4.05. The largest absolute Gasteiger partial charge is 0.444 e. The van der Waals surface area contributed by atoms with Crippen LogP contribution < -0.4 is 5.32 Å². The molecule has 2 aromatic carbocycles. The first kappa shape index (κ1) is 36.7. The second-order valence-corrected chi connectivity index (χ2v) is 22.1. The molecule has 0 aliphatic heterocycles. The first-order valence-corrected chi connectivity index (χ1v) is 20.7. The summed E-state index contributed by atoms with van der Waals surface area (Å²) >= 11 is 0. The summed E-state index contributed by atoms with van der Waals surface area (Å²) in [6.45, 7) is 18.8. The third-order valence-corrected chi connectivity index (χ3v) is 17.4. The summed E-state index contributed by atoms with van der Waals surface area (Å²) in [7, 11) is -6.26. The van der Waals surface area contributed by atoms with Crippen molar-refractivity contribution in [3.8, 4) is 11.4 Å². The molecule has 5 rings (SSSR count). The van der Waals surface area contributed by atoms with E-state index in [-0.39, 0.29) is 17.5 Å². The van der Waals surface area contributed by atoms with Crippen LogP contribution in [0.3, 0.4) is 0 Å². The van der Waals surface area contributed by atoms with E-state index in [2.05, 4.69) is 56.8 Å². The zero-order valence-electron chi connectivity index (χ0n) is 30.0. The molecule has 1 aliphatic carbocycles. The molecule has 0 saturated heterocycles. The first-order chi connectivity index (χ1) is 23.0. The van der Waals surface area contributed by atoms with E-state index in [4.69, 9.17) is 9.16 Å².